The molecule has 0 bridgehead atoms. The van der Waals surface area contributed by atoms with E-state index in [1.54, 1.807) is 0 Å². The Balaban J connectivity index is 1.91. The van der Waals surface area contributed by atoms with Gasteiger partial charge in [-0.1, -0.05) is 30.7 Å². The number of anilines is 1. The van der Waals surface area contributed by atoms with Gasteiger partial charge in [-0.05, 0) is 24.6 Å². The van der Waals surface area contributed by atoms with Crippen molar-refractivity contribution in [1.82, 2.24) is 19.3 Å². The average molecular weight is 453 g/mol. The van der Waals surface area contributed by atoms with E-state index in [-0.39, 0.29) is 11.3 Å². The first kappa shape index (κ1) is 22.4. The van der Waals surface area contributed by atoms with Crippen LogP contribution in [-0.2, 0) is 19.6 Å². The maximum absolute atomic E-state index is 13.0. The van der Waals surface area contributed by atoms with Crippen molar-refractivity contribution in [3.8, 4) is 5.69 Å². The number of aryl methyl sites for hydroxylation is 1. The van der Waals surface area contributed by atoms with Crippen LogP contribution in [0.1, 0.15) is 40.8 Å². The fourth-order valence-corrected chi connectivity index (χ4v) is 3.60. The third-order valence-corrected chi connectivity index (χ3v) is 5.31. The summed E-state index contributed by atoms with van der Waals surface area (Å²) in [4.78, 5) is 37.2. The van der Waals surface area contributed by atoms with Crippen molar-refractivity contribution in [1.29, 1.82) is 0 Å². The summed E-state index contributed by atoms with van der Waals surface area (Å²) in [5.74, 6) is -0.558. The molecule has 3 aromatic rings. The molecule has 0 radical (unpaired) electrons. The van der Waals surface area contributed by atoms with Crippen LogP contribution in [0.25, 0.3) is 5.69 Å². The van der Waals surface area contributed by atoms with E-state index in [9.17, 15) is 27.6 Å². The van der Waals surface area contributed by atoms with Crippen LogP contribution in [0, 0.1) is 0 Å². The predicted octanol–water partition coefficient (Wildman–Crippen LogP) is 3.00. The maximum Gasteiger partial charge on any atom is 0.431 e. The van der Waals surface area contributed by atoms with Gasteiger partial charge in [-0.15, -0.1) is 10.2 Å². The van der Waals surface area contributed by atoms with E-state index in [2.05, 4.69) is 15.5 Å². The van der Waals surface area contributed by atoms with Crippen LogP contribution in [0.5, 0.6) is 0 Å². The highest BCUT2D eigenvalue weighted by Crippen LogP contribution is 2.27. The lowest BCUT2D eigenvalue weighted by Gasteiger charge is -2.14. The molecule has 1 amide bonds. The Hall–Kier alpha value is -3.28. The third-order valence-electron chi connectivity index (χ3n) is 4.41. The first-order chi connectivity index (χ1) is 14.6. The summed E-state index contributed by atoms with van der Waals surface area (Å²) < 4.78 is 40.0. The van der Waals surface area contributed by atoms with E-state index in [0.29, 0.717) is 20.3 Å². The number of carbonyl (C=O) groups excluding carboxylic acids is 1. The minimum atomic E-state index is -4.86. The van der Waals surface area contributed by atoms with Crippen molar-refractivity contribution in [2.45, 2.75) is 32.4 Å². The second-order valence-electron chi connectivity index (χ2n) is 6.65. The Morgan fingerprint density at radius 2 is 1.94 bits per heavy atom. The van der Waals surface area contributed by atoms with Crippen LogP contribution in [0.2, 0.25) is 0 Å². The van der Waals surface area contributed by atoms with Gasteiger partial charge in [0, 0.05) is 25.1 Å². The fraction of sp³-hybridized carbons (Fsp3) is 0.316. The van der Waals surface area contributed by atoms with Crippen LogP contribution in [0.15, 0.2) is 39.9 Å². The number of alkyl halides is 3. The van der Waals surface area contributed by atoms with Gasteiger partial charge in [-0.2, -0.15) is 13.2 Å². The summed E-state index contributed by atoms with van der Waals surface area (Å²) in [6, 6.07) is 5.79. The van der Waals surface area contributed by atoms with E-state index >= 15 is 0 Å². The molecule has 1 N–H and O–H groups in total. The summed E-state index contributed by atoms with van der Waals surface area (Å²) in [7, 11) is 0.920. The minimum absolute atomic E-state index is 0.0344. The van der Waals surface area contributed by atoms with Gasteiger partial charge < -0.3 is 0 Å². The molecular formula is C19H18F3N5O3S. The zero-order valence-corrected chi connectivity index (χ0v) is 17.4. The fourth-order valence-electron chi connectivity index (χ4n) is 2.82. The first-order valence-corrected chi connectivity index (χ1v) is 10.1. The van der Waals surface area contributed by atoms with E-state index in [0.717, 1.165) is 31.3 Å². The molecule has 2 heterocycles. The van der Waals surface area contributed by atoms with Gasteiger partial charge in [-0.3, -0.25) is 19.5 Å². The van der Waals surface area contributed by atoms with Crippen molar-refractivity contribution in [3.63, 3.8) is 0 Å². The molecule has 12 heteroatoms. The molecule has 0 aliphatic heterocycles. The highest BCUT2D eigenvalue weighted by Gasteiger charge is 2.35. The number of hydrogen-bond acceptors (Lipinski definition) is 6. The molecule has 0 aliphatic rings. The van der Waals surface area contributed by atoms with Crippen molar-refractivity contribution >= 4 is 22.4 Å². The number of carbonyl (C=O) groups is 1. The number of rotatable bonds is 6. The molecule has 0 unspecified atom stereocenters. The average Bonchev–Trinajstić information content (AvgIpc) is 3.16. The molecule has 0 fully saturated rings. The number of aromatic nitrogens is 4. The first-order valence-electron chi connectivity index (χ1n) is 9.26. The molecule has 3 rings (SSSR count). The number of nitrogens with zero attached hydrogens (tertiary/aromatic N) is 4. The van der Waals surface area contributed by atoms with Crippen LogP contribution in [0.3, 0.4) is 0 Å². The Morgan fingerprint density at radius 3 is 2.61 bits per heavy atom. The highest BCUT2D eigenvalue weighted by atomic mass is 32.1. The topological polar surface area (TPSA) is 98.9 Å². The second-order valence-corrected chi connectivity index (χ2v) is 7.71. The molecule has 0 saturated carbocycles. The number of nitrogens with one attached hydrogen (secondary N) is 1. The zero-order chi connectivity index (χ0) is 22.8. The minimum Gasteiger partial charge on any atom is -0.296 e. The van der Waals surface area contributed by atoms with Gasteiger partial charge in [0.1, 0.15) is 10.7 Å². The van der Waals surface area contributed by atoms with Crippen molar-refractivity contribution in [2.24, 2.45) is 7.05 Å². The smallest absolute Gasteiger partial charge is 0.296 e. The SMILES string of the molecule is CCCCc1nnc(NC(=O)c2cccc(-n3c(=O)cc(C(F)(F)F)n(C)c3=O)c2)s1. The van der Waals surface area contributed by atoms with Gasteiger partial charge in [0.2, 0.25) is 5.13 Å². The molecular weight excluding hydrogens is 435 g/mol. The Bertz CT molecular complexity index is 1230. The molecule has 2 aromatic heterocycles. The van der Waals surface area contributed by atoms with Gasteiger partial charge in [-0.25, -0.2) is 9.36 Å². The van der Waals surface area contributed by atoms with Crippen LogP contribution >= 0.6 is 11.3 Å². The maximum atomic E-state index is 13.0. The van der Waals surface area contributed by atoms with Crippen molar-refractivity contribution in [3.05, 3.63) is 67.4 Å². The quantitative estimate of drug-likeness (QED) is 0.619. The van der Waals surface area contributed by atoms with Crippen molar-refractivity contribution < 1.29 is 18.0 Å². The van der Waals surface area contributed by atoms with E-state index < -0.39 is 29.0 Å². The number of unbranched alkanes of at least 4 members (excludes halogenated alkanes) is 1. The van der Waals surface area contributed by atoms with Gasteiger partial charge in [0.25, 0.3) is 11.5 Å². The summed E-state index contributed by atoms with van der Waals surface area (Å²) in [6.07, 6.45) is -2.16. The lowest BCUT2D eigenvalue weighted by atomic mass is 10.2. The van der Waals surface area contributed by atoms with Gasteiger partial charge in [0.15, 0.2) is 0 Å². The zero-order valence-electron chi connectivity index (χ0n) is 16.6. The van der Waals surface area contributed by atoms with Gasteiger partial charge >= 0.3 is 11.9 Å². The Kier molecular flexibility index (Phi) is 6.39. The number of amides is 1. The summed E-state index contributed by atoms with van der Waals surface area (Å²) >= 11 is 1.24. The standard InChI is InChI=1S/C19H18F3N5O3S/c1-3-4-8-14-24-25-17(31-14)23-16(29)11-6-5-7-12(9-11)27-15(28)10-13(19(20,21)22)26(2)18(27)30/h5-7,9-10H,3-4,8H2,1-2H3,(H,23,25,29). The lowest BCUT2D eigenvalue weighted by molar-refractivity contribution is -0.144. The third kappa shape index (κ3) is 4.90. The monoisotopic (exact) mass is 453 g/mol. The number of halogens is 3. The molecule has 0 atom stereocenters. The highest BCUT2D eigenvalue weighted by molar-refractivity contribution is 7.15. The van der Waals surface area contributed by atoms with E-state index in [1.165, 1.54) is 35.6 Å². The number of hydrogen-bond donors (Lipinski definition) is 1. The van der Waals surface area contributed by atoms with Gasteiger partial charge in [0.05, 0.1) is 5.69 Å². The summed E-state index contributed by atoms with van der Waals surface area (Å²) in [5, 5.41) is 11.6. The van der Waals surface area contributed by atoms with E-state index in [1.807, 2.05) is 6.92 Å². The Labute approximate surface area is 178 Å². The molecule has 8 nitrogen and oxygen atoms in total. The van der Waals surface area contributed by atoms with Crippen LogP contribution in [-0.4, -0.2) is 25.2 Å². The summed E-state index contributed by atoms with van der Waals surface area (Å²) in [6.45, 7) is 2.05. The molecule has 31 heavy (non-hydrogen) atoms. The van der Waals surface area contributed by atoms with Crippen molar-refractivity contribution in [2.75, 3.05) is 5.32 Å². The normalized spacial score (nSPS) is 11.5. The molecule has 164 valence electrons. The van der Waals surface area contributed by atoms with Crippen LogP contribution in [0.4, 0.5) is 18.3 Å². The summed E-state index contributed by atoms with van der Waals surface area (Å²) in [5.41, 5.74) is -3.63. The lowest BCUT2D eigenvalue weighted by Crippen LogP contribution is -2.40. The molecule has 1 aromatic carbocycles. The largest absolute Gasteiger partial charge is 0.431 e. The molecule has 0 aliphatic carbocycles. The molecule has 0 spiro atoms. The second kappa shape index (κ2) is 8.84. The van der Waals surface area contributed by atoms with Crippen LogP contribution < -0.4 is 16.6 Å². The predicted molar refractivity (Wildman–Crippen MR) is 109 cm³/mol. The molecule has 0 saturated heterocycles. The number of benzene rings is 1. The van der Waals surface area contributed by atoms with E-state index in [4.69, 9.17) is 0 Å². The Morgan fingerprint density at radius 1 is 1.19 bits per heavy atom.